The summed E-state index contributed by atoms with van der Waals surface area (Å²) in [6, 6.07) is 89.3. The lowest BCUT2D eigenvalue weighted by Crippen LogP contribution is -2.25. The van der Waals surface area contributed by atoms with Crippen LogP contribution in [0.2, 0.25) is 0 Å². The van der Waals surface area contributed by atoms with Crippen molar-refractivity contribution in [1.29, 1.82) is 0 Å². The molecule has 10 aromatic carbocycles. The van der Waals surface area contributed by atoms with Gasteiger partial charge in [-0.05, 0) is 134 Å². The summed E-state index contributed by atoms with van der Waals surface area (Å²) in [5.74, 6) is 0. The summed E-state index contributed by atoms with van der Waals surface area (Å²) < 4.78 is 2.50. The van der Waals surface area contributed by atoms with Crippen molar-refractivity contribution in [3.05, 3.63) is 265 Å². The minimum Gasteiger partial charge on any atom is -0.310 e. The lowest BCUT2D eigenvalue weighted by molar-refractivity contribution is 0.794. The molecule has 11 aromatic rings. The van der Waals surface area contributed by atoms with Crippen molar-refractivity contribution in [2.24, 2.45) is 0 Å². The molecule has 1 heterocycles. The first-order valence-electron chi connectivity index (χ1n) is 22.0. The highest BCUT2D eigenvalue weighted by molar-refractivity contribution is 7.26. The second kappa shape index (κ2) is 14.6. The van der Waals surface area contributed by atoms with E-state index in [1.807, 2.05) is 11.3 Å². The maximum Gasteiger partial charge on any atom is 0.0725 e. The molecule has 2 aliphatic carbocycles. The number of para-hydroxylation sites is 4. The molecule has 1 spiro atoms. The van der Waals surface area contributed by atoms with Crippen molar-refractivity contribution in [3.63, 3.8) is 0 Å². The molecule has 2 aliphatic rings. The van der Waals surface area contributed by atoms with Crippen molar-refractivity contribution in [2.45, 2.75) is 5.41 Å². The molecule has 2 nitrogen and oxygen atoms in total. The Kier molecular flexibility index (Phi) is 8.34. The van der Waals surface area contributed by atoms with E-state index in [0.717, 1.165) is 34.1 Å². The lowest BCUT2D eigenvalue weighted by atomic mass is 9.70. The van der Waals surface area contributed by atoms with Gasteiger partial charge in [-0.15, -0.1) is 11.3 Å². The molecule has 0 bridgehead atoms. The Bertz CT molecular complexity index is 3430. The smallest absolute Gasteiger partial charge is 0.0725 e. The largest absolute Gasteiger partial charge is 0.310 e. The first kappa shape index (κ1) is 36.7. The second-order valence-electron chi connectivity index (χ2n) is 16.8. The zero-order valence-corrected chi connectivity index (χ0v) is 35.7. The summed E-state index contributed by atoms with van der Waals surface area (Å²) in [5.41, 5.74) is 19.5. The number of hydrogen-bond acceptors (Lipinski definition) is 3. The van der Waals surface area contributed by atoms with E-state index in [1.54, 1.807) is 0 Å². The van der Waals surface area contributed by atoms with Gasteiger partial charge >= 0.3 is 0 Å². The van der Waals surface area contributed by atoms with Crippen molar-refractivity contribution in [1.82, 2.24) is 0 Å². The average Bonchev–Trinajstić information content (AvgIpc) is 3.99. The van der Waals surface area contributed by atoms with E-state index in [4.69, 9.17) is 0 Å². The van der Waals surface area contributed by atoms with E-state index < -0.39 is 0 Å². The van der Waals surface area contributed by atoms with Crippen molar-refractivity contribution < 1.29 is 0 Å². The molecule has 0 unspecified atom stereocenters. The van der Waals surface area contributed by atoms with E-state index in [1.165, 1.54) is 75.8 Å². The zero-order valence-electron chi connectivity index (χ0n) is 34.9. The SMILES string of the molecule is c1ccc(N(c2ccccc2)c2cc(N(c3ccccc3)c3ccccc3)c3sc4ccc(-c5ccc6c(c5)-c5ccccc5C65c6ccccc6-c6ccccc65)cc4c3c2)cc1. The monoisotopic (exact) mass is 832 g/mol. The molecule has 3 heteroatoms. The molecule has 0 aliphatic heterocycles. The molecule has 0 amide bonds. The minimum absolute atomic E-state index is 0.356. The molecule has 64 heavy (non-hydrogen) atoms. The molecule has 13 rings (SSSR count). The van der Waals surface area contributed by atoms with Gasteiger partial charge < -0.3 is 9.80 Å². The van der Waals surface area contributed by atoms with Crippen LogP contribution in [-0.4, -0.2) is 0 Å². The van der Waals surface area contributed by atoms with Crippen LogP contribution in [0.15, 0.2) is 243 Å². The summed E-state index contributed by atoms with van der Waals surface area (Å²) in [7, 11) is 0. The maximum absolute atomic E-state index is 2.46. The van der Waals surface area contributed by atoms with Crippen LogP contribution in [0.5, 0.6) is 0 Å². The van der Waals surface area contributed by atoms with Gasteiger partial charge in [0.1, 0.15) is 0 Å². The van der Waals surface area contributed by atoms with E-state index in [9.17, 15) is 0 Å². The molecular weight excluding hydrogens is 793 g/mol. The first-order valence-corrected chi connectivity index (χ1v) is 22.8. The van der Waals surface area contributed by atoms with Crippen LogP contribution in [0.1, 0.15) is 22.3 Å². The fourth-order valence-corrected chi connectivity index (χ4v) is 12.0. The van der Waals surface area contributed by atoms with Crippen LogP contribution in [0.3, 0.4) is 0 Å². The summed E-state index contributed by atoms with van der Waals surface area (Å²) in [4.78, 5) is 4.81. The molecule has 0 N–H and O–H groups in total. The van der Waals surface area contributed by atoms with Crippen LogP contribution in [0.4, 0.5) is 34.1 Å². The summed E-state index contributed by atoms with van der Waals surface area (Å²) in [6.45, 7) is 0. The Morgan fingerprint density at radius 2 is 0.719 bits per heavy atom. The number of thiophene rings is 1. The molecule has 0 saturated heterocycles. The van der Waals surface area contributed by atoms with Gasteiger partial charge in [-0.25, -0.2) is 0 Å². The Hall–Kier alpha value is -7.98. The fraction of sp³-hybridized carbons (Fsp3) is 0.0164. The molecule has 0 fully saturated rings. The molecule has 0 saturated carbocycles. The van der Waals surface area contributed by atoms with Crippen LogP contribution in [0, 0.1) is 0 Å². The highest BCUT2D eigenvalue weighted by Crippen LogP contribution is 2.63. The highest BCUT2D eigenvalue weighted by atomic mass is 32.1. The standard InChI is InChI=1S/C61H40N2S/c1-5-19-43(20-6-1)62(44-21-7-2-8-22-44)47-39-53-52-38-42(34-36-59(52)64-60(53)58(40-47)63(45-23-9-3-10-24-45)46-25-11-4-12-26-46)41-33-35-57-51(37-41)50-29-15-18-32-56(50)61(57)54-30-16-13-27-48(54)49-28-14-17-31-55(49)61/h1-40H. The number of fused-ring (bicyclic) bond motifs is 13. The third-order valence-electron chi connectivity index (χ3n) is 13.4. The fourth-order valence-electron chi connectivity index (χ4n) is 10.8. The van der Waals surface area contributed by atoms with E-state index in [0.29, 0.717) is 0 Å². The van der Waals surface area contributed by atoms with Gasteiger partial charge in [0.05, 0.1) is 15.8 Å². The minimum atomic E-state index is -0.356. The van der Waals surface area contributed by atoms with Gasteiger partial charge in [-0.2, -0.15) is 0 Å². The lowest BCUT2D eigenvalue weighted by Gasteiger charge is -2.30. The number of rotatable bonds is 7. The van der Waals surface area contributed by atoms with Crippen LogP contribution < -0.4 is 9.80 Å². The molecule has 300 valence electrons. The van der Waals surface area contributed by atoms with Crippen molar-refractivity contribution in [3.8, 4) is 33.4 Å². The van der Waals surface area contributed by atoms with Crippen LogP contribution in [0.25, 0.3) is 53.6 Å². The Balaban J connectivity index is 1.04. The number of benzene rings is 10. The Morgan fingerprint density at radius 3 is 1.25 bits per heavy atom. The van der Waals surface area contributed by atoms with Gasteiger partial charge in [-0.3, -0.25) is 0 Å². The van der Waals surface area contributed by atoms with Crippen LogP contribution >= 0.6 is 11.3 Å². The van der Waals surface area contributed by atoms with Gasteiger partial charge in [0, 0.05) is 43.9 Å². The predicted octanol–water partition coefficient (Wildman–Crippen LogP) is 17.0. The summed E-state index contributed by atoms with van der Waals surface area (Å²) in [5, 5.41) is 2.48. The number of anilines is 6. The molecule has 1 aromatic heterocycles. The Morgan fingerprint density at radius 1 is 0.297 bits per heavy atom. The zero-order chi connectivity index (χ0) is 42.2. The molecular formula is C61H40N2S. The van der Waals surface area contributed by atoms with E-state index in [-0.39, 0.29) is 5.41 Å². The number of nitrogens with zero attached hydrogens (tertiary/aromatic N) is 2. The topological polar surface area (TPSA) is 6.48 Å². The average molecular weight is 833 g/mol. The summed E-state index contributed by atoms with van der Waals surface area (Å²) in [6.07, 6.45) is 0. The third-order valence-corrected chi connectivity index (χ3v) is 14.6. The maximum atomic E-state index is 2.46. The van der Waals surface area contributed by atoms with Gasteiger partial charge in [-0.1, -0.05) is 164 Å². The quantitative estimate of drug-likeness (QED) is 0.158. The second-order valence-corrected chi connectivity index (χ2v) is 17.9. The first-order chi connectivity index (χ1) is 31.8. The predicted molar refractivity (Wildman–Crippen MR) is 270 cm³/mol. The van der Waals surface area contributed by atoms with E-state index >= 15 is 0 Å². The van der Waals surface area contributed by atoms with Gasteiger partial charge in [0.25, 0.3) is 0 Å². The summed E-state index contributed by atoms with van der Waals surface area (Å²) >= 11 is 1.87. The molecule has 0 atom stereocenters. The number of hydrogen-bond donors (Lipinski definition) is 0. The van der Waals surface area contributed by atoms with Crippen molar-refractivity contribution in [2.75, 3.05) is 9.80 Å². The highest BCUT2D eigenvalue weighted by Gasteiger charge is 2.51. The van der Waals surface area contributed by atoms with Gasteiger partial charge in [0.2, 0.25) is 0 Å². The third kappa shape index (κ3) is 5.44. The van der Waals surface area contributed by atoms with Gasteiger partial charge in [0.15, 0.2) is 0 Å². The van der Waals surface area contributed by atoms with Crippen LogP contribution in [-0.2, 0) is 5.41 Å². The molecule has 0 radical (unpaired) electrons. The van der Waals surface area contributed by atoms with E-state index in [2.05, 4.69) is 252 Å². The Labute approximate surface area is 377 Å². The normalized spacial score (nSPS) is 12.8. The van der Waals surface area contributed by atoms with Crippen molar-refractivity contribution >= 4 is 65.6 Å².